The smallest absolute Gasteiger partial charge is 0.330 e. The summed E-state index contributed by atoms with van der Waals surface area (Å²) in [7, 11) is 3.12. The van der Waals surface area contributed by atoms with Gasteiger partial charge in [-0.3, -0.25) is 4.79 Å². The number of carbonyl (C=O) groups is 3. The number of carbonyl (C=O) groups excluding carboxylic acids is 2. The minimum atomic E-state index is -1.18. The number of nitrogens with one attached hydrogen (secondary N) is 2. The van der Waals surface area contributed by atoms with E-state index in [0.29, 0.717) is 5.56 Å². The van der Waals surface area contributed by atoms with E-state index in [4.69, 9.17) is 5.11 Å². The maximum atomic E-state index is 11.6. The van der Waals surface area contributed by atoms with Gasteiger partial charge in [0.15, 0.2) is 6.04 Å². The third kappa shape index (κ3) is 4.60. The van der Waals surface area contributed by atoms with Crippen molar-refractivity contribution in [3.63, 3.8) is 0 Å². The Morgan fingerprint density at radius 3 is 2.30 bits per heavy atom. The highest BCUT2D eigenvalue weighted by molar-refractivity contribution is 5.86. The van der Waals surface area contributed by atoms with E-state index in [1.54, 1.807) is 44.4 Å². The fourth-order valence-corrected chi connectivity index (χ4v) is 1.43. The maximum Gasteiger partial charge on any atom is 0.330 e. The predicted molar refractivity (Wildman–Crippen MR) is 72.0 cm³/mol. The normalized spacial score (nSPS) is 11.3. The molecule has 0 aliphatic rings. The zero-order chi connectivity index (χ0) is 15.1. The lowest BCUT2D eigenvalue weighted by molar-refractivity contribution is -0.139. The standard InChI is InChI=1S/C13H17N3O4/c1-16(2)10(17)8-14-13(20)15-11(12(18)19)9-6-4-3-5-7-9/h3-7,11H,8H2,1-2H3,(H,18,19)(H2,14,15,20). The van der Waals surface area contributed by atoms with Crippen LogP contribution in [-0.2, 0) is 9.59 Å². The first-order chi connectivity index (χ1) is 9.41. The third-order valence-electron chi connectivity index (χ3n) is 2.55. The molecule has 0 saturated heterocycles. The SMILES string of the molecule is CN(C)C(=O)CNC(=O)NC(C(=O)O)c1ccccc1. The van der Waals surface area contributed by atoms with Crippen molar-refractivity contribution in [3.8, 4) is 0 Å². The number of nitrogens with zero attached hydrogens (tertiary/aromatic N) is 1. The van der Waals surface area contributed by atoms with Crippen molar-refractivity contribution >= 4 is 17.9 Å². The molecule has 7 nitrogen and oxygen atoms in total. The molecule has 0 aliphatic carbocycles. The van der Waals surface area contributed by atoms with Crippen molar-refractivity contribution in [2.75, 3.05) is 20.6 Å². The molecule has 7 heteroatoms. The summed E-state index contributed by atoms with van der Waals surface area (Å²) < 4.78 is 0. The topological polar surface area (TPSA) is 98.7 Å². The molecule has 0 bridgehead atoms. The van der Waals surface area contributed by atoms with Gasteiger partial charge in [0.05, 0.1) is 6.54 Å². The molecular weight excluding hydrogens is 262 g/mol. The lowest BCUT2D eigenvalue weighted by Crippen LogP contribution is -2.44. The van der Waals surface area contributed by atoms with Crippen LogP contribution in [-0.4, -0.2) is 48.6 Å². The molecule has 1 aromatic carbocycles. The van der Waals surface area contributed by atoms with E-state index in [1.807, 2.05) is 0 Å². The zero-order valence-corrected chi connectivity index (χ0v) is 11.3. The quantitative estimate of drug-likeness (QED) is 0.717. The number of benzene rings is 1. The lowest BCUT2D eigenvalue weighted by Gasteiger charge is -2.16. The van der Waals surface area contributed by atoms with Crippen LogP contribution in [0.2, 0.25) is 0 Å². The summed E-state index contributed by atoms with van der Waals surface area (Å²) in [5, 5.41) is 13.7. The second-order valence-corrected chi connectivity index (χ2v) is 4.30. The van der Waals surface area contributed by atoms with E-state index in [0.717, 1.165) is 0 Å². The van der Waals surface area contributed by atoms with Crippen LogP contribution >= 0.6 is 0 Å². The van der Waals surface area contributed by atoms with Gasteiger partial charge in [-0.1, -0.05) is 30.3 Å². The fourth-order valence-electron chi connectivity index (χ4n) is 1.43. The van der Waals surface area contributed by atoms with Gasteiger partial charge in [0, 0.05) is 14.1 Å². The second-order valence-electron chi connectivity index (χ2n) is 4.30. The maximum absolute atomic E-state index is 11.6. The average Bonchev–Trinajstić information content (AvgIpc) is 2.42. The molecule has 0 fully saturated rings. The lowest BCUT2D eigenvalue weighted by atomic mass is 10.1. The summed E-state index contributed by atoms with van der Waals surface area (Å²) in [6.45, 7) is -0.194. The monoisotopic (exact) mass is 279 g/mol. The van der Waals surface area contributed by atoms with Crippen molar-refractivity contribution in [1.82, 2.24) is 15.5 Å². The first-order valence-corrected chi connectivity index (χ1v) is 5.94. The van der Waals surface area contributed by atoms with Crippen LogP contribution in [0.25, 0.3) is 0 Å². The van der Waals surface area contributed by atoms with Crippen molar-refractivity contribution in [1.29, 1.82) is 0 Å². The third-order valence-corrected chi connectivity index (χ3v) is 2.55. The Labute approximate surface area is 116 Å². The molecule has 1 rings (SSSR count). The number of likely N-dealkylation sites (N-methyl/N-ethyl adjacent to an activating group) is 1. The van der Waals surface area contributed by atoms with Crippen molar-refractivity contribution < 1.29 is 19.5 Å². The Kier molecular flexibility index (Phi) is 5.52. The molecule has 0 radical (unpaired) electrons. The highest BCUT2D eigenvalue weighted by Crippen LogP contribution is 2.12. The van der Waals surface area contributed by atoms with Gasteiger partial charge in [-0.15, -0.1) is 0 Å². The van der Waals surface area contributed by atoms with Gasteiger partial charge in [-0.05, 0) is 5.56 Å². The molecule has 0 aliphatic heterocycles. The van der Waals surface area contributed by atoms with E-state index < -0.39 is 18.0 Å². The van der Waals surface area contributed by atoms with E-state index in [2.05, 4.69) is 10.6 Å². The Balaban J connectivity index is 2.61. The molecule has 3 amide bonds. The van der Waals surface area contributed by atoms with Gasteiger partial charge < -0.3 is 20.6 Å². The van der Waals surface area contributed by atoms with E-state index in [9.17, 15) is 14.4 Å². The molecule has 3 N–H and O–H groups in total. The summed E-state index contributed by atoms with van der Waals surface area (Å²) >= 11 is 0. The molecule has 108 valence electrons. The van der Waals surface area contributed by atoms with Gasteiger partial charge in [-0.2, -0.15) is 0 Å². The number of aliphatic carboxylic acids is 1. The molecule has 0 saturated carbocycles. The summed E-state index contributed by atoms with van der Waals surface area (Å²) in [6.07, 6.45) is 0. The Morgan fingerprint density at radius 2 is 1.80 bits per heavy atom. The zero-order valence-electron chi connectivity index (χ0n) is 11.3. The molecule has 1 aromatic rings. The highest BCUT2D eigenvalue weighted by atomic mass is 16.4. The predicted octanol–water partition coefficient (Wildman–Crippen LogP) is 0.200. The van der Waals surface area contributed by atoms with Crippen LogP contribution in [0.1, 0.15) is 11.6 Å². The molecular formula is C13H17N3O4. The minimum absolute atomic E-state index is 0.194. The number of urea groups is 1. The van der Waals surface area contributed by atoms with Gasteiger partial charge in [-0.25, -0.2) is 9.59 Å². The van der Waals surface area contributed by atoms with Crippen LogP contribution in [0, 0.1) is 0 Å². The first-order valence-electron chi connectivity index (χ1n) is 5.94. The second kappa shape index (κ2) is 7.13. The van der Waals surface area contributed by atoms with Crippen molar-refractivity contribution in [2.45, 2.75) is 6.04 Å². The summed E-state index contributed by atoms with van der Waals surface area (Å²) in [4.78, 5) is 35.4. The number of amides is 3. The number of carboxylic acids is 1. The fraction of sp³-hybridized carbons (Fsp3) is 0.308. The van der Waals surface area contributed by atoms with Gasteiger partial charge in [0.1, 0.15) is 0 Å². The number of rotatable bonds is 5. The number of carboxylic acid groups (broad SMARTS) is 1. The van der Waals surface area contributed by atoms with Crippen LogP contribution < -0.4 is 10.6 Å². The molecule has 0 spiro atoms. The van der Waals surface area contributed by atoms with Crippen molar-refractivity contribution in [2.24, 2.45) is 0 Å². The first kappa shape index (κ1) is 15.5. The van der Waals surface area contributed by atoms with Gasteiger partial charge >= 0.3 is 12.0 Å². The molecule has 1 unspecified atom stereocenters. The van der Waals surface area contributed by atoms with Gasteiger partial charge in [0.25, 0.3) is 0 Å². The van der Waals surface area contributed by atoms with Gasteiger partial charge in [0.2, 0.25) is 5.91 Å². The summed E-state index contributed by atoms with van der Waals surface area (Å²) in [5.74, 6) is -1.46. The highest BCUT2D eigenvalue weighted by Gasteiger charge is 2.21. The summed E-state index contributed by atoms with van der Waals surface area (Å²) in [6, 6.07) is 6.44. The van der Waals surface area contributed by atoms with Crippen molar-refractivity contribution in [3.05, 3.63) is 35.9 Å². The number of hydrogen-bond donors (Lipinski definition) is 3. The van der Waals surface area contributed by atoms with Crippen LogP contribution in [0.4, 0.5) is 4.79 Å². The molecule has 1 atom stereocenters. The minimum Gasteiger partial charge on any atom is -0.479 e. The molecule has 20 heavy (non-hydrogen) atoms. The Morgan fingerprint density at radius 1 is 1.20 bits per heavy atom. The largest absolute Gasteiger partial charge is 0.479 e. The van der Waals surface area contributed by atoms with Crippen LogP contribution in [0.3, 0.4) is 0 Å². The van der Waals surface area contributed by atoms with E-state index in [-0.39, 0.29) is 12.5 Å². The number of hydrogen-bond acceptors (Lipinski definition) is 3. The van der Waals surface area contributed by atoms with Crippen LogP contribution in [0.15, 0.2) is 30.3 Å². The van der Waals surface area contributed by atoms with E-state index >= 15 is 0 Å². The Hall–Kier alpha value is -2.57. The molecule has 0 heterocycles. The van der Waals surface area contributed by atoms with Crippen LogP contribution in [0.5, 0.6) is 0 Å². The Bertz CT molecular complexity index is 488. The molecule has 0 aromatic heterocycles. The van der Waals surface area contributed by atoms with E-state index in [1.165, 1.54) is 4.90 Å². The summed E-state index contributed by atoms with van der Waals surface area (Å²) in [5.41, 5.74) is 0.453. The average molecular weight is 279 g/mol.